The Hall–Kier alpha value is -2.75. The molecule has 0 atom stereocenters. The second kappa shape index (κ2) is 15.0. The fourth-order valence-corrected chi connectivity index (χ4v) is 4.14. The van der Waals surface area contributed by atoms with Crippen LogP contribution in [0.2, 0.25) is 0 Å². The van der Waals surface area contributed by atoms with E-state index in [9.17, 15) is 17.6 Å². The molecule has 38 heavy (non-hydrogen) atoms. The van der Waals surface area contributed by atoms with Crippen LogP contribution in [0, 0.1) is 5.82 Å². The van der Waals surface area contributed by atoms with Gasteiger partial charge in [0.25, 0.3) is 16.0 Å². The molecule has 0 saturated carbocycles. The fourth-order valence-electron chi connectivity index (χ4n) is 4.14. The van der Waals surface area contributed by atoms with E-state index in [-0.39, 0.29) is 17.6 Å². The standard InChI is InChI=1S/C28H37FN2O2.CH4O3S/c1-5-7-16-31(17-8-6-2)18-15-24-25-19-23(13-14-26(25)33-27(24)20(3)4)30-28(32)21-9-11-22(29)12-10-21;1-5(2,3)4/h9-14,19-20H,5-8,15-18H2,1-4H3,(H,30,32);1H3,(H,2,3,4). The van der Waals surface area contributed by atoms with Crippen LogP contribution < -0.4 is 5.32 Å². The van der Waals surface area contributed by atoms with Crippen LogP contribution in [0.1, 0.15) is 81.0 Å². The number of benzene rings is 2. The van der Waals surface area contributed by atoms with Gasteiger partial charge in [0, 0.05) is 34.7 Å². The molecule has 1 amide bonds. The Morgan fingerprint density at radius 3 is 2.13 bits per heavy atom. The molecule has 0 fully saturated rings. The van der Waals surface area contributed by atoms with Gasteiger partial charge in [-0.15, -0.1) is 0 Å². The van der Waals surface area contributed by atoms with Gasteiger partial charge >= 0.3 is 0 Å². The van der Waals surface area contributed by atoms with Crippen molar-refractivity contribution in [1.29, 1.82) is 0 Å². The van der Waals surface area contributed by atoms with Gasteiger partial charge in [0.1, 0.15) is 17.2 Å². The van der Waals surface area contributed by atoms with Crippen molar-refractivity contribution in [3.8, 4) is 0 Å². The molecular weight excluding hydrogens is 507 g/mol. The third kappa shape index (κ3) is 10.6. The van der Waals surface area contributed by atoms with E-state index in [0.717, 1.165) is 42.8 Å². The lowest BCUT2D eigenvalue weighted by Crippen LogP contribution is -2.28. The van der Waals surface area contributed by atoms with Gasteiger partial charge in [-0.2, -0.15) is 8.42 Å². The van der Waals surface area contributed by atoms with Gasteiger partial charge in [0.2, 0.25) is 0 Å². The molecule has 0 spiro atoms. The number of nitrogens with zero attached hydrogens (tertiary/aromatic N) is 1. The van der Waals surface area contributed by atoms with Crippen molar-refractivity contribution in [2.45, 2.75) is 65.7 Å². The summed E-state index contributed by atoms with van der Waals surface area (Å²) in [5, 5.41) is 4.00. The summed E-state index contributed by atoms with van der Waals surface area (Å²) >= 11 is 0. The van der Waals surface area contributed by atoms with Crippen LogP contribution in [0.5, 0.6) is 0 Å². The summed E-state index contributed by atoms with van der Waals surface area (Å²) in [4.78, 5) is 15.2. The Balaban J connectivity index is 0.000000926. The van der Waals surface area contributed by atoms with Crippen LogP contribution in [0.25, 0.3) is 11.0 Å². The van der Waals surface area contributed by atoms with Gasteiger partial charge in [-0.3, -0.25) is 9.35 Å². The molecule has 2 N–H and O–H groups in total. The van der Waals surface area contributed by atoms with Crippen molar-refractivity contribution < 1.29 is 26.6 Å². The van der Waals surface area contributed by atoms with Gasteiger partial charge in [-0.25, -0.2) is 4.39 Å². The van der Waals surface area contributed by atoms with E-state index in [4.69, 9.17) is 8.97 Å². The zero-order chi connectivity index (χ0) is 28.3. The molecule has 0 aliphatic heterocycles. The summed E-state index contributed by atoms with van der Waals surface area (Å²) in [6.07, 6.45) is 6.46. The minimum Gasteiger partial charge on any atom is -0.461 e. The molecule has 3 aromatic rings. The van der Waals surface area contributed by atoms with E-state index in [1.807, 2.05) is 18.2 Å². The molecule has 1 aromatic heterocycles. The van der Waals surface area contributed by atoms with Gasteiger partial charge in [0.05, 0.1) is 6.26 Å². The maximum absolute atomic E-state index is 13.2. The summed E-state index contributed by atoms with van der Waals surface area (Å²) in [7, 11) is -3.67. The number of rotatable bonds is 12. The fraction of sp³-hybridized carbons (Fsp3) is 0.483. The van der Waals surface area contributed by atoms with E-state index in [1.54, 1.807) is 0 Å². The minimum absolute atomic E-state index is 0.256. The average molecular weight is 549 g/mol. The molecular formula is C29H41FN2O5S. The Labute approximate surface area is 226 Å². The summed E-state index contributed by atoms with van der Waals surface area (Å²) in [5.41, 5.74) is 3.22. The predicted octanol–water partition coefficient (Wildman–Crippen LogP) is 6.90. The predicted molar refractivity (Wildman–Crippen MR) is 152 cm³/mol. The number of fused-ring (bicyclic) bond motifs is 1. The number of halogens is 1. The molecule has 0 bridgehead atoms. The van der Waals surface area contributed by atoms with Crippen LogP contribution in [0.15, 0.2) is 46.9 Å². The molecule has 1 heterocycles. The Kier molecular flexibility index (Phi) is 12.4. The lowest BCUT2D eigenvalue weighted by Gasteiger charge is -2.22. The summed E-state index contributed by atoms with van der Waals surface area (Å²) in [6, 6.07) is 11.4. The second-order valence-electron chi connectivity index (χ2n) is 9.80. The SMILES string of the molecule is CCCCN(CCCC)CCc1c(C(C)C)oc2ccc(NC(=O)c3ccc(F)cc3)cc12.CS(=O)(=O)O. The van der Waals surface area contributed by atoms with Crippen molar-refractivity contribution in [3.63, 3.8) is 0 Å². The van der Waals surface area contributed by atoms with Gasteiger partial charge in [-0.1, -0.05) is 40.5 Å². The van der Waals surface area contributed by atoms with Crippen LogP contribution in [-0.4, -0.2) is 49.7 Å². The van der Waals surface area contributed by atoms with Gasteiger partial charge < -0.3 is 14.6 Å². The molecule has 7 nitrogen and oxygen atoms in total. The molecule has 0 saturated heterocycles. The second-order valence-corrected chi connectivity index (χ2v) is 11.3. The molecule has 2 aromatic carbocycles. The monoisotopic (exact) mass is 548 g/mol. The summed E-state index contributed by atoms with van der Waals surface area (Å²) < 4.78 is 45.3. The number of unbranched alkanes of at least 4 members (excludes halogenated alkanes) is 2. The van der Waals surface area contributed by atoms with E-state index >= 15 is 0 Å². The maximum Gasteiger partial charge on any atom is 0.261 e. The Morgan fingerprint density at radius 2 is 1.61 bits per heavy atom. The lowest BCUT2D eigenvalue weighted by molar-refractivity contribution is 0.102. The highest BCUT2D eigenvalue weighted by Gasteiger charge is 2.19. The van der Waals surface area contributed by atoms with E-state index in [1.165, 1.54) is 55.5 Å². The lowest BCUT2D eigenvalue weighted by atomic mass is 10.0. The third-order valence-corrected chi connectivity index (χ3v) is 6.04. The number of nitrogens with one attached hydrogen (secondary N) is 1. The summed E-state index contributed by atoms with van der Waals surface area (Å²) in [5.74, 6) is 0.695. The number of hydrogen-bond donors (Lipinski definition) is 2. The number of anilines is 1. The largest absolute Gasteiger partial charge is 0.461 e. The van der Waals surface area contributed by atoms with E-state index < -0.39 is 10.1 Å². The number of amides is 1. The van der Waals surface area contributed by atoms with E-state index in [2.05, 4.69) is 37.9 Å². The first-order valence-electron chi connectivity index (χ1n) is 13.2. The van der Waals surface area contributed by atoms with Crippen molar-refractivity contribution >= 4 is 32.7 Å². The molecule has 9 heteroatoms. The average Bonchev–Trinajstić information content (AvgIpc) is 3.21. The van der Waals surface area contributed by atoms with Crippen LogP contribution in [-0.2, 0) is 16.5 Å². The molecule has 0 aliphatic rings. The maximum atomic E-state index is 13.2. The summed E-state index contributed by atoms with van der Waals surface area (Å²) in [6.45, 7) is 12.0. The number of hydrogen-bond acceptors (Lipinski definition) is 5. The van der Waals surface area contributed by atoms with Gasteiger partial charge in [-0.05, 0) is 74.8 Å². The number of carbonyl (C=O) groups is 1. The number of furan rings is 1. The normalized spacial score (nSPS) is 11.6. The first kappa shape index (κ1) is 31.5. The highest BCUT2D eigenvalue weighted by atomic mass is 32.2. The van der Waals surface area contributed by atoms with Crippen LogP contribution in [0.3, 0.4) is 0 Å². The molecule has 3 rings (SSSR count). The first-order chi connectivity index (χ1) is 17.9. The van der Waals surface area contributed by atoms with Crippen LogP contribution >= 0.6 is 0 Å². The molecule has 0 aliphatic carbocycles. The quantitative estimate of drug-likeness (QED) is 0.239. The van der Waals surface area contributed by atoms with Gasteiger partial charge in [0.15, 0.2) is 0 Å². The zero-order valence-electron chi connectivity index (χ0n) is 23.1. The molecule has 210 valence electrons. The number of carbonyl (C=O) groups excluding carboxylic acids is 1. The minimum atomic E-state index is -3.67. The van der Waals surface area contributed by atoms with Crippen molar-refractivity contribution in [1.82, 2.24) is 4.90 Å². The van der Waals surface area contributed by atoms with Crippen molar-refractivity contribution in [3.05, 3.63) is 65.2 Å². The highest BCUT2D eigenvalue weighted by molar-refractivity contribution is 7.85. The third-order valence-electron chi connectivity index (χ3n) is 6.04. The van der Waals surface area contributed by atoms with E-state index in [0.29, 0.717) is 17.5 Å². The highest BCUT2D eigenvalue weighted by Crippen LogP contribution is 2.33. The molecule has 0 unspecified atom stereocenters. The van der Waals surface area contributed by atoms with Crippen molar-refractivity contribution in [2.75, 3.05) is 31.2 Å². The smallest absolute Gasteiger partial charge is 0.261 e. The zero-order valence-corrected chi connectivity index (χ0v) is 23.9. The van der Waals surface area contributed by atoms with Crippen LogP contribution in [0.4, 0.5) is 10.1 Å². The Bertz CT molecular complexity index is 1250. The van der Waals surface area contributed by atoms with Crippen molar-refractivity contribution in [2.24, 2.45) is 0 Å². The topological polar surface area (TPSA) is 99.9 Å². The first-order valence-corrected chi connectivity index (χ1v) is 15.0. The Morgan fingerprint density at radius 1 is 1.03 bits per heavy atom. The molecule has 0 radical (unpaired) electrons.